The smallest absolute Gasteiger partial charge is 0.269 e. The Morgan fingerprint density at radius 2 is 1.54 bits per heavy atom. The van der Waals surface area contributed by atoms with Gasteiger partial charge in [0.1, 0.15) is 0 Å². The van der Waals surface area contributed by atoms with Gasteiger partial charge in [0, 0.05) is 23.5 Å². The Labute approximate surface area is 212 Å². The summed E-state index contributed by atoms with van der Waals surface area (Å²) >= 11 is 0. The number of phenols is 1. The number of aryl methyl sites for hydroxylation is 2. The lowest BCUT2D eigenvalue weighted by atomic mass is 10.1. The number of nitrogens with one attached hydrogen (secondary N) is 3. The van der Waals surface area contributed by atoms with Gasteiger partial charge in [-0.1, -0.05) is 6.07 Å². The summed E-state index contributed by atoms with van der Waals surface area (Å²) in [5, 5.41) is 31.1. The number of anilines is 5. The number of aromatic nitrogens is 3. The van der Waals surface area contributed by atoms with Crippen molar-refractivity contribution in [3.8, 4) is 11.5 Å². The minimum atomic E-state index is -0.470. The molecule has 0 saturated carbocycles. The van der Waals surface area contributed by atoms with Gasteiger partial charge in [0.2, 0.25) is 17.8 Å². The Morgan fingerprint density at radius 3 is 2.19 bits per heavy atom. The molecule has 0 unspecified atom stereocenters. The Bertz CT molecular complexity index is 1460. The van der Waals surface area contributed by atoms with Crippen molar-refractivity contribution in [3.63, 3.8) is 0 Å². The molecule has 0 bridgehead atoms. The van der Waals surface area contributed by atoms with Crippen molar-refractivity contribution in [2.24, 2.45) is 5.10 Å². The maximum Gasteiger partial charge on any atom is 0.269 e. The lowest BCUT2D eigenvalue weighted by Gasteiger charge is -2.11. The fourth-order valence-corrected chi connectivity index (χ4v) is 3.22. The number of benzene rings is 3. The van der Waals surface area contributed by atoms with Gasteiger partial charge in [-0.25, -0.2) is 5.43 Å². The van der Waals surface area contributed by atoms with E-state index in [1.165, 1.54) is 31.5 Å². The molecule has 0 aliphatic carbocycles. The number of aromatic hydroxyl groups is 1. The molecule has 4 N–H and O–H groups in total. The third kappa shape index (κ3) is 6.45. The quantitative estimate of drug-likeness (QED) is 0.139. The van der Waals surface area contributed by atoms with Crippen LogP contribution < -0.4 is 20.8 Å². The van der Waals surface area contributed by atoms with Crippen LogP contribution in [-0.4, -0.2) is 38.3 Å². The number of ether oxygens (including phenoxy) is 1. The number of nitro groups is 1. The van der Waals surface area contributed by atoms with Crippen LogP contribution in [0, 0.1) is 24.0 Å². The van der Waals surface area contributed by atoms with Gasteiger partial charge in [-0.05, 0) is 73.0 Å². The van der Waals surface area contributed by atoms with E-state index in [1.807, 2.05) is 32.0 Å². The van der Waals surface area contributed by atoms with Gasteiger partial charge in [-0.15, -0.1) is 0 Å². The van der Waals surface area contributed by atoms with Crippen LogP contribution in [0.3, 0.4) is 0 Å². The lowest BCUT2D eigenvalue weighted by molar-refractivity contribution is -0.384. The van der Waals surface area contributed by atoms with Crippen LogP contribution in [0.5, 0.6) is 11.5 Å². The molecule has 0 spiro atoms. The molecule has 0 amide bonds. The van der Waals surface area contributed by atoms with Crippen molar-refractivity contribution >= 4 is 41.1 Å². The highest BCUT2D eigenvalue weighted by molar-refractivity contribution is 5.81. The number of rotatable bonds is 9. The molecule has 0 aliphatic rings. The van der Waals surface area contributed by atoms with Crippen LogP contribution >= 0.6 is 0 Å². The summed E-state index contributed by atoms with van der Waals surface area (Å²) in [4.78, 5) is 23.6. The number of nitrogens with zero attached hydrogens (tertiary/aromatic N) is 5. The van der Waals surface area contributed by atoms with Crippen molar-refractivity contribution < 1.29 is 14.8 Å². The SMILES string of the molecule is COc1cc(/C=N/Nc2nc(Nc3ccc([N+](=O)[O-])cc3)nc(Nc3ccc(C)c(C)c3)n2)ccc1O. The van der Waals surface area contributed by atoms with Gasteiger partial charge < -0.3 is 20.5 Å². The summed E-state index contributed by atoms with van der Waals surface area (Å²) in [7, 11) is 1.46. The zero-order valence-corrected chi connectivity index (χ0v) is 20.3. The normalized spacial score (nSPS) is 10.8. The largest absolute Gasteiger partial charge is 0.504 e. The number of nitro benzene ring substituents is 1. The highest BCUT2D eigenvalue weighted by Gasteiger charge is 2.10. The van der Waals surface area contributed by atoms with Gasteiger partial charge in [-0.3, -0.25) is 10.1 Å². The average molecular weight is 501 g/mol. The van der Waals surface area contributed by atoms with Gasteiger partial charge in [0.25, 0.3) is 5.69 Å². The number of methoxy groups -OCH3 is 1. The minimum Gasteiger partial charge on any atom is -0.504 e. The molecule has 4 aromatic rings. The molecule has 188 valence electrons. The van der Waals surface area contributed by atoms with Crippen molar-refractivity contribution in [2.75, 3.05) is 23.2 Å². The topological polar surface area (TPSA) is 160 Å². The van der Waals surface area contributed by atoms with Crippen molar-refractivity contribution in [1.82, 2.24) is 15.0 Å². The number of phenolic OH excluding ortho intramolecular Hbond substituents is 1. The second kappa shape index (κ2) is 11.0. The first-order valence-electron chi connectivity index (χ1n) is 11.1. The monoisotopic (exact) mass is 500 g/mol. The first-order valence-corrected chi connectivity index (χ1v) is 11.1. The molecular weight excluding hydrogens is 476 g/mol. The molecule has 37 heavy (non-hydrogen) atoms. The second-order valence-electron chi connectivity index (χ2n) is 7.96. The number of hydrogen-bond acceptors (Lipinski definition) is 11. The number of non-ortho nitro benzene ring substituents is 1. The van der Waals surface area contributed by atoms with E-state index < -0.39 is 4.92 Å². The van der Waals surface area contributed by atoms with Crippen LogP contribution in [0.1, 0.15) is 16.7 Å². The van der Waals surface area contributed by atoms with Crippen LogP contribution in [-0.2, 0) is 0 Å². The zero-order chi connectivity index (χ0) is 26.4. The molecule has 12 heteroatoms. The molecule has 3 aromatic carbocycles. The molecule has 0 aliphatic heterocycles. The Balaban J connectivity index is 1.59. The summed E-state index contributed by atoms with van der Waals surface area (Å²) in [5.41, 5.74) is 7.04. The van der Waals surface area contributed by atoms with Crippen molar-refractivity contribution in [1.29, 1.82) is 0 Å². The number of hydrogen-bond donors (Lipinski definition) is 4. The molecule has 12 nitrogen and oxygen atoms in total. The molecular formula is C25H24N8O4. The predicted molar refractivity (Wildman–Crippen MR) is 141 cm³/mol. The van der Waals surface area contributed by atoms with Crippen molar-refractivity contribution in [3.05, 3.63) is 87.5 Å². The Morgan fingerprint density at radius 1 is 0.892 bits per heavy atom. The van der Waals surface area contributed by atoms with E-state index >= 15 is 0 Å². The van der Waals surface area contributed by atoms with Crippen LogP contribution in [0.15, 0.2) is 65.8 Å². The molecule has 0 saturated heterocycles. The van der Waals surface area contributed by atoms with Gasteiger partial charge in [-0.2, -0.15) is 20.1 Å². The molecule has 0 fully saturated rings. The minimum absolute atomic E-state index is 0.0223. The lowest BCUT2D eigenvalue weighted by Crippen LogP contribution is -2.07. The fourth-order valence-electron chi connectivity index (χ4n) is 3.22. The highest BCUT2D eigenvalue weighted by atomic mass is 16.6. The highest BCUT2D eigenvalue weighted by Crippen LogP contribution is 2.26. The van der Waals surface area contributed by atoms with E-state index in [0.717, 1.165) is 16.8 Å². The van der Waals surface area contributed by atoms with Gasteiger partial charge >= 0.3 is 0 Å². The van der Waals surface area contributed by atoms with E-state index in [1.54, 1.807) is 24.3 Å². The molecule has 0 atom stereocenters. The fraction of sp³-hybridized carbons (Fsp3) is 0.120. The van der Waals surface area contributed by atoms with Crippen LogP contribution in [0.4, 0.5) is 34.9 Å². The first kappa shape index (κ1) is 24.9. The van der Waals surface area contributed by atoms with Crippen LogP contribution in [0.2, 0.25) is 0 Å². The van der Waals surface area contributed by atoms with E-state index in [-0.39, 0.29) is 29.3 Å². The molecule has 1 heterocycles. The van der Waals surface area contributed by atoms with E-state index in [4.69, 9.17) is 4.74 Å². The standard InChI is InChI=1S/C25H24N8O4/c1-15-4-6-19(12-16(15)2)28-24-29-23(27-18-7-9-20(10-8-18)33(35)36)30-25(31-24)32-26-14-17-5-11-21(34)22(13-17)37-3/h4-14,34H,1-3H3,(H3,27,28,29,30,31,32)/b26-14+. The Kier molecular flexibility index (Phi) is 7.38. The average Bonchev–Trinajstić information content (AvgIpc) is 2.87. The van der Waals surface area contributed by atoms with Gasteiger partial charge in [0.15, 0.2) is 11.5 Å². The summed E-state index contributed by atoms with van der Waals surface area (Å²) in [6, 6.07) is 16.6. The maximum absolute atomic E-state index is 10.9. The first-order chi connectivity index (χ1) is 17.8. The van der Waals surface area contributed by atoms with Crippen molar-refractivity contribution in [2.45, 2.75) is 13.8 Å². The van der Waals surface area contributed by atoms with E-state index in [2.05, 4.69) is 36.1 Å². The van der Waals surface area contributed by atoms with E-state index in [0.29, 0.717) is 17.0 Å². The summed E-state index contributed by atoms with van der Waals surface area (Å²) in [6.07, 6.45) is 1.52. The van der Waals surface area contributed by atoms with Crippen LogP contribution in [0.25, 0.3) is 0 Å². The van der Waals surface area contributed by atoms with Gasteiger partial charge in [0.05, 0.1) is 18.2 Å². The summed E-state index contributed by atoms with van der Waals surface area (Å²) in [6.45, 7) is 4.04. The van der Waals surface area contributed by atoms with E-state index in [9.17, 15) is 15.2 Å². The third-order valence-electron chi connectivity index (χ3n) is 5.31. The molecule has 1 aromatic heterocycles. The zero-order valence-electron chi connectivity index (χ0n) is 20.3. The maximum atomic E-state index is 10.9. The third-order valence-corrected chi connectivity index (χ3v) is 5.31. The molecule has 4 rings (SSSR count). The predicted octanol–water partition coefficient (Wildman–Crippen LogP) is 5.04. The second-order valence-corrected chi connectivity index (χ2v) is 7.96. The number of hydrazone groups is 1. The summed E-state index contributed by atoms with van der Waals surface area (Å²) in [5.74, 6) is 0.936. The molecule has 0 radical (unpaired) electrons. The summed E-state index contributed by atoms with van der Waals surface area (Å²) < 4.78 is 5.11. The Hall–Kier alpha value is -5.26.